The number of carbonyl (C=O) groups excluding carboxylic acids is 3. The molecule has 1 fully saturated rings. The Labute approximate surface area is 162 Å². The molecule has 4 N–H and O–H groups in total. The van der Waals surface area contributed by atoms with E-state index in [9.17, 15) is 24.5 Å². The van der Waals surface area contributed by atoms with Gasteiger partial charge in [-0.3, -0.25) is 24.5 Å². The molecular formula is C18H25N5O5. The Morgan fingerprint density at radius 2 is 2.14 bits per heavy atom. The van der Waals surface area contributed by atoms with Crippen molar-refractivity contribution in [2.24, 2.45) is 11.7 Å². The van der Waals surface area contributed by atoms with Gasteiger partial charge in [0.2, 0.25) is 11.8 Å². The largest absolute Gasteiger partial charge is 0.355 e. The number of nitrogens with zero attached hydrogens (tertiary/aromatic N) is 2. The summed E-state index contributed by atoms with van der Waals surface area (Å²) in [5.74, 6) is -1.30. The minimum atomic E-state index is -0.822. The molecule has 0 spiro atoms. The van der Waals surface area contributed by atoms with Crippen LogP contribution >= 0.6 is 0 Å². The molecule has 0 saturated carbocycles. The summed E-state index contributed by atoms with van der Waals surface area (Å²) >= 11 is 0. The number of carbonyl (C=O) groups is 3. The zero-order chi connectivity index (χ0) is 20.7. The number of nitro groups is 1. The van der Waals surface area contributed by atoms with E-state index in [-0.39, 0.29) is 35.5 Å². The van der Waals surface area contributed by atoms with Gasteiger partial charge in [-0.05, 0) is 25.8 Å². The molecule has 1 aliphatic rings. The van der Waals surface area contributed by atoms with Crippen LogP contribution in [-0.2, 0) is 9.59 Å². The van der Waals surface area contributed by atoms with Crippen molar-refractivity contribution in [3.8, 4) is 0 Å². The van der Waals surface area contributed by atoms with Gasteiger partial charge in [-0.15, -0.1) is 0 Å². The van der Waals surface area contributed by atoms with Crippen molar-refractivity contribution in [3.05, 3.63) is 39.9 Å². The Kier molecular flexibility index (Phi) is 7.44. The second-order valence-corrected chi connectivity index (χ2v) is 6.71. The Morgan fingerprint density at radius 1 is 1.39 bits per heavy atom. The van der Waals surface area contributed by atoms with E-state index in [1.807, 2.05) is 0 Å². The number of hydrogen-bond donors (Lipinski definition) is 3. The SMILES string of the molecule is CC(NC(=O)c1cccc([N+](=O)[O-])c1)C(=O)N1CCCC(C(=O)NCCN)C1. The number of hydrogen-bond acceptors (Lipinski definition) is 6. The van der Waals surface area contributed by atoms with Crippen LogP contribution in [0.3, 0.4) is 0 Å². The van der Waals surface area contributed by atoms with Crippen molar-refractivity contribution in [2.45, 2.75) is 25.8 Å². The molecule has 1 heterocycles. The molecule has 0 radical (unpaired) electrons. The lowest BCUT2D eigenvalue weighted by molar-refractivity contribution is -0.384. The van der Waals surface area contributed by atoms with Crippen LogP contribution in [0.5, 0.6) is 0 Å². The Balaban J connectivity index is 1.96. The highest BCUT2D eigenvalue weighted by Gasteiger charge is 2.31. The molecule has 10 nitrogen and oxygen atoms in total. The van der Waals surface area contributed by atoms with E-state index in [1.165, 1.54) is 18.2 Å². The second-order valence-electron chi connectivity index (χ2n) is 6.71. The Morgan fingerprint density at radius 3 is 2.82 bits per heavy atom. The van der Waals surface area contributed by atoms with E-state index in [0.29, 0.717) is 32.5 Å². The smallest absolute Gasteiger partial charge is 0.270 e. The first-order valence-electron chi connectivity index (χ1n) is 9.15. The van der Waals surface area contributed by atoms with Crippen molar-refractivity contribution >= 4 is 23.4 Å². The predicted molar refractivity (Wildman–Crippen MR) is 101 cm³/mol. The summed E-state index contributed by atoms with van der Waals surface area (Å²) in [6.07, 6.45) is 1.38. The summed E-state index contributed by atoms with van der Waals surface area (Å²) in [6.45, 7) is 3.08. The standard InChI is InChI=1S/C18H25N5O5/c1-12(21-17(25)13-4-2-6-15(10-13)23(27)28)18(26)22-9-3-5-14(11-22)16(24)20-8-7-19/h2,4,6,10,12,14H,3,5,7-9,11,19H2,1H3,(H,20,24)(H,21,25). The van der Waals surface area contributed by atoms with Crippen molar-refractivity contribution in [2.75, 3.05) is 26.2 Å². The van der Waals surface area contributed by atoms with Gasteiger partial charge in [0.1, 0.15) is 6.04 Å². The number of nitrogens with one attached hydrogen (secondary N) is 2. The summed E-state index contributed by atoms with van der Waals surface area (Å²) in [7, 11) is 0. The monoisotopic (exact) mass is 391 g/mol. The van der Waals surface area contributed by atoms with Crippen LogP contribution in [-0.4, -0.2) is 59.8 Å². The molecule has 28 heavy (non-hydrogen) atoms. The first-order valence-corrected chi connectivity index (χ1v) is 9.15. The summed E-state index contributed by atoms with van der Waals surface area (Å²) in [6, 6.07) is 4.48. The molecule has 2 rings (SSSR count). The first-order chi connectivity index (χ1) is 13.3. The predicted octanol–water partition coefficient (Wildman–Crippen LogP) is 0.0266. The van der Waals surface area contributed by atoms with Crippen molar-refractivity contribution in [1.29, 1.82) is 0 Å². The average Bonchev–Trinajstić information content (AvgIpc) is 2.71. The lowest BCUT2D eigenvalue weighted by Crippen LogP contribution is -2.52. The summed E-state index contributed by atoms with van der Waals surface area (Å²) in [4.78, 5) is 48.9. The van der Waals surface area contributed by atoms with Crippen molar-refractivity contribution < 1.29 is 19.3 Å². The Bertz CT molecular complexity index is 754. The normalized spacial score (nSPS) is 17.5. The molecular weight excluding hydrogens is 366 g/mol. The van der Waals surface area contributed by atoms with Gasteiger partial charge >= 0.3 is 0 Å². The molecule has 1 saturated heterocycles. The molecule has 0 bridgehead atoms. The molecule has 10 heteroatoms. The zero-order valence-electron chi connectivity index (χ0n) is 15.7. The van der Waals surface area contributed by atoms with Crippen LogP contribution in [0.15, 0.2) is 24.3 Å². The molecule has 0 aliphatic carbocycles. The number of piperidine rings is 1. The van der Waals surface area contributed by atoms with Crippen LogP contribution in [0.4, 0.5) is 5.69 Å². The number of likely N-dealkylation sites (tertiary alicyclic amines) is 1. The maximum Gasteiger partial charge on any atom is 0.270 e. The van der Waals surface area contributed by atoms with E-state index in [2.05, 4.69) is 10.6 Å². The highest BCUT2D eigenvalue weighted by molar-refractivity contribution is 5.98. The van der Waals surface area contributed by atoms with E-state index in [4.69, 9.17) is 5.73 Å². The third-order valence-electron chi connectivity index (χ3n) is 4.58. The molecule has 2 unspecified atom stereocenters. The third kappa shape index (κ3) is 5.49. The minimum absolute atomic E-state index is 0.103. The van der Waals surface area contributed by atoms with Crippen molar-refractivity contribution in [3.63, 3.8) is 0 Å². The second kappa shape index (κ2) is 9.79. The minimum Gasteiger partial charge on any atom is -0.355 e. The number of amides is 3. The van der Waals surface area contributed by atoms with Crippen LogP contribution in [0.25, 0.3) is 0 Å². The van der Waals surface area contributed by atoms with Gasteiger partial charge in [0.15, 0.2) is 0 Å². The molecule has 3 amide bonds. The fourth-order valence-corrected chi connectivity index (χ4v) is 3.11. The van der Waals surface area contributed by atoms with E-state index in [1.54, 1.807) is 11.8 Å². The third-order valence-corrected chi connectivity index (χ3v) is 4.58. The zero-order valence-corrected chi connectivity index (χ0v) is 15.7. The van der Waals surface area contributed by atoms with E-state index in [0.717, 1.165) is 6.07 Å². The highest BCUT2D eigenvalue weighted by Crippen LogP contribution is 2.18. The van der Waals surface area contributed by atoms with Gasteiger partial charge < -0.3 is 21.3 Å². The maximum atomic E-state index is 12.7. The molecule has 1 aliphatic heterocycles. The van der Waals surface area contributed by atoms with Gasteiger partial charge in [-0.1, -0.05) is 6.07 Å². The van der Waals surface area contributed by atoms with E-state index < -0.39 is 16.9 Å². The van der Waals surface area contributed by atoms with Crippen LogP contribution in [0, 0.1) is 16.0 Å². The van der Waals surface area contributed by atoms with Crippen LogP contribution < -0.4 is 16.4 Å². The summed E-state index contributed by atoms with van der Waals surface area (Å²) in [5, 5.41) is 16.1. The van der Waals surface area contributed by atoms with Gasteiger partial charge in [0.25, 0.3) is 11.6 Å². The van der Waals surface area contributed by atoms with Crippen LogP contribution in [0.1, 0.15) is 30.1 Å². The highest BCUT2D eigenvalue weighted by atomic mass is 16.6. The lowest BCUT2D eigenvalue weighted by atomic mass is 9.96. The van der Waals surface area contributed by atoms with Gasteiger partial charge in [-0.25, -0.2) is 0 Å². The number of nitro benzene ring substituents is 1. The number of benzene rings is 1. The molecule has 1 aromatic carbocycles. The first kappa shape index (κ1) is 21.3. The summed E-state index contributed by atoms with van der Waals surface area (Å²) < 4.78 is 0. The van der Waals surface area contributed by atoms with Crippen LogP contribution in [0.2, 0.25) is 0 Å². The van der Waals surface area contributed by atoms with E-state index >= 15 is 0 Å². The molecule has 152 valence electrons. The fraction of sp³-hybridized carbons (Fsp3) is 0.500. The number of nitrogens with two attached hydrogens (primary N) is 1. The number of rotatable bonds is 7. The molecule has 1 aromatic rings. The van der Waals surface area contributed by atoms with Gasteiger partial charge in [0, 0.05) is 43.9 Å². The number of non-ortho nitro benzene ring substituents is 1. The summed E-state index contributed by atoms with van der Waals surface area (Å²) in [5.41, 5.74) is 5.29. The van der Waals surface area contributed by atoms with Crippen molar-refractivity contribution in [1.82, 2.24) is 15.5 Å². The Hall–Kier alpha value is -3.01. The molecule has 0 aromatic heterocycles. The topological polar surface area (TPSA) is 148 Å². The maximum absolute atomic E-state index is 12.7. The lowest BCUT2D eigenvalue weighted by Gasteiger charge is -2.33. The quantitative estimate of drug-likeness (QED) is 0.441. The molecule has 2 atom stereocenters. The average molecular weight is 391 g/mol. The fourth-order valence-electron chi connectivity index (χ4n) is 3.11. The van der Waals surface area contributed by atoms with Gasteiger partial charge in [-0.2, -0.15) is 0 Å². The van der Waals surface area contributed by atoms with Gasteiger partial charge in [0.05, 0.1) is 10.8 Å².